The molecule has 3 nitrogen and oxygen atoms in total. The maximum Gasteiger partial charge on any atom is 0.138 e. The molecule has 0 aromatic heterocycles. The van der Waals surface area contributed by atoms with Crippen LogP contribution in [0.4, 0.5) is 0 Å². The Kier molecular flexibility index (Phi) is 3.69. The average Bonchev–Trinajstić information content (AvgIpc) is 2.07. The van der Waals surface area contributed by atoms with Gasteiger partial charge in [0, 0.05) is 38.6 Å². The van der Waals surface area contributed by atoms with Crippen molar-refractivity contribution in [2.24, 2.45) is 5.92 Å². The molecule has 1 saturated heterocycles. The Morgan fingerprint density at radius 2 is 2.42 bits per heavy atom. The van der Waals surface area contributed by atoms with Crippen molar-refractivity contribution < 1.29 is 9.90 Å². The number of hydrogen-bond donors (Lipinski definition) is 1. The molecule has 1 rings (SSSR count). The minimum Gasteiger partial charge on any atom is -0.396 e. The molecule has 3 heteroatoms. The first-order valence-electron chi connectivity index (χ1n) is 4.60. The standard InChI is InChI=1S/C9H17NO2/c1-8-7-10(4-2-6-11)5-3-9(8)12/h8,11H,2-7H2,1H3. The number of rotatable bonds is 3. The largest absolute Gasteiger partial charge is 0.396 e. The third-order valence-electron chi connectivity index (χ3n) is 2.39. The minimum absolute atomic E-state index is 0.192. The highest BCUT2D eigenvalue weighted by Crippen LogP contribution is 2.11. The molecule has 1 fully saturated rings. The molecule has 1 aliphatic heterocycles. The van der Waals surface area contributed by atoms with E-state index in [2.05, 4.69) is 4.90 Å². The number of hydrogen-bond acceptors (Lipinski definition) is 3. The first-order chi connectivity index (χ1) is 5.74. The maximum absolute atomic E-state index is 11.1. The number of aliphatic hydroxyl groups is 1. The first kappa shape index (κ1) is 9.68. The van der Waals surface area contributed by atoms with Crippen LogP contribution in [0.3, 0.4) is 0 Å². The summed E-state index contributed by atoms with van der Waals surface area (Å²) in [6.45, 7) is 4.91. The molecule has 1 atom stereocenters. The predicted molar refractivity (Wildman–Crippen MR) is 46.9 cm³/mol. The van der Waals surface area contributed by atoms with Gasteiger partial charge in [-0.3, -0.25) is 4.79 Å². The summed E-state index contributed by atoms with van der Waals surface area (Å²) in [6.07, 6.45) is 1.51. The van der Waals surface area contributed by atoms with E-state index >= 15 is 0 Å². The predicted octanol–water partition coefficient (Wildman–Crippen LogP) is 0.280. The number of carbonyl (C=O) groups excluding carboxylic acids is 1. The van der Waals surface area contributed by atoms with Gasteiger partial charge >= 0.3 is 0 Å². The van der Waals surface area contributed by atoms with E-state index in [1.165, 1.54) is 0 Å². The van der Waals surface area contributed by atoms with Crippen molar-refractivity contribution >= 4 is 5.78 Å². The second kappa shape index (κ2) is 4.58. The van der Waals surface area contributed by atoms with Crippen LogP contribution in [0, 0.1) is 5.92 Å². The Bertz CT molecular complexity index is 159. The zero-order chi connectivity index (χ0) is 8.97. The lowest BCUT2D eigenvalue weighted by Crippen LogP contribution is -2.40. The zero-order valence-corrected chi connectivity index (χ0v) is 7.62. The molecule has 1 heterocycles. The molecule has 0 radical (unpaired) electrons. The van der Waals surface area contributed by atoms with Gasteiger partial charge in [0.25, 0.3) is 0 Å². The summed E-state index contributed by atoms with van der Waals surface area (Å²) in [6, 6.07) is 0. The van der Waals surface area contributed by atoms with Gasteiger partial charge in [0.05, 0.1) is 0 Å². The van der Waals surface area contributed by atoms with Gasteiger partial charge in [-0.2, -0.15) is 0 Å². The summed E-state index contributed by atoms with van der Waals surface area (Å²) >= 11 is 0. The Balaban J connectivity index is 2.25. The van der Waals surface area contributed by atoms with Crippen LogP contribution in [0.2, 0.25) is 0 Å². The molecule has 0 bridgehead atoms. The highest BCUT2D eigenvalue weighted by molar-refractivity contribution is 5.81. The quantitative estimate of drug-likeness (QED) is 0.663. The molecule has 0 spiro atoms. The summed E-state index contributed by atoms with van der Waals surface area (Å²) in [5.74, 6) is 0.577. The van der Waals surface area contributed by atoms with Crippen molar-refractivity contribution in [3.05, 3.63) is 0 Å². The van der Waals surface area contributed by atoms with Gasteiger partial charge < -0.3 is 10.0 Å². The second-order valence-corrected chi connectivity index (χ2v) is 3.50. The van der Waals surface area contributed by atoms with Gasteiger partial charge in [0.1, 0.15) is 5.78 Å². The monoisotopic (exact) mass is 171 g/mol. The van der Waals surface area contributed by atoms with Crippen LogP contribution in [0.25, 0.3) is 0 Å². The van der Waals surface area contributed by atoms with Gasteiger partial charge in [0.2, 0.25) is 0 Å². The van der Waals surface area contributed by atoms with E-state index < -0.39 is 0 Å². The number of piperidine rings is 1. The first-order valence-corrected chi connectivity index (χ1v) is 4.60. The maximum atomic E-state index is 11.1. The van der Waals surface area contributed by atoms with Crippen LogP contribution in [0.15, 0.2) is 0 Å². The van der Waals surface area contributed by atoms with E-state index in [0.29, 0.717) is 12.2 Å². The lowest BCUT2D eigenvalue weighted by molar-refractivity contribution is -0.125. The smallest absolute Gasteiger partial charge is 0.138 e. The van der Waals surface area contributed by atoms with Crippen molar-refractivity contribution in [3.63, 3.8) is 0 Å². The molecule has 0 saturated carbocycles. The molecule has 70 valence electrons. The molecule has 0 aliphatic carbocycles. The van der Waals surface area contributed by atoms with Gasteiger partial charge in [-0.05, 0) is 6.42 Å². The summed E-state index contributed by atoms with van der Waals surface area (Å²) in [5.41, 5.74) is 0. The van der Waals surface area contributed by atoms with E-state index in [1.54, 1.807) is 0 Å². The number of carbonyl (C=O) groups is 1. The van der Waals surface area contributed by atoms with Crippen LogP contribution >= 0.6 is 0 Å². The highest BCUT2D eigenvalue weighted by atomic mass is 16.3. The average molecular weight is 171 g/mol. The SMILES string of the molecule is CC1CN(CCCO)CCC1=O. The van der Waals surface area contributed by atoms with Gasteiger partial charge in [-0.25, -0.2) is 0 Å². The fraction of sp³-hybridized carbons (Fsp3) is 0.889. The van der Waals surface area contributed by atoms with E-state index in [1.807, 2.05) is 6.92 Å². The normalized spacial score (nSPS) is 26.2. The molecular formula is C9H17NO2. The molecule has 0 amide bonds. The van der Waals surface area contributed by atoms with Gasteiger partial charge in [-0.1, -0.05) is 6.92 Å². The molecule has 1 unspecified atom stereocenters. The lowest BCUT2D eigenvalue weighted by atomic mass is 9.98. The summed E-state index contributed by atoms with van der Waals surface area (Å²) < 4.78 is 0. The van der Waals surface area contributed by atoms with Crippen molar-refractivity contribution in [1.29, 1.82) is 0 Å². The third-order valence-corrected chi connectivity index (χ3v) is 2.39. The number of likely N-dealkylation sites (tertiary alicyclic amines) is 1. The van der Waals surface area contributed by atoms with Gasteiger partial charge in [-0.15, -0.1) is 0 Å². The molecule has 1 aliphatic rings. The summed E-state index contributed by atoms with van der Waals surface area (Å²) in [5, 5.41) is 8.62. The van der Waals surface area contributed by atoms with Crippen molar-refractivity contribution in [2.75, 3.05) is 26.2 Å². The summed E-state index contributed by atoms with van der Waals surface area (Å²) in [7, 11) is 0. The topological polar surface area (TPSA) is 40.5 Å². The van der Waals surface area contributed by atoms with Crippen molar-refractivity contribution in [3.8, 4) is 0 Å². The second-order valence-electron chi connectivity index (χ2n) is 3.50. The van der Waals surface area contributed by atoms with Crippen molar-refractivity contribution in [1.82, 2.24) is 4.90 Å². The Morgan fingerprint density at radius 3 is 3.00 bits per heavy atom. The van der Waals surface area contributed by atoms with Crippen LogP contribution < -0.4 is 0 Å². The Hall–Kier alpha value is -0.410. The zero-order valence-electron chi connectivity index (χ0n) is 7.62. The number of ketones is 1. The van der Waals surface area contributed by atoms with E-state index in [4.69, 9.17) is 5.11 Å². The fourth-order valence-electron chi connectivity index (χ4n) is 1.59. The van der Waals surface area contributed by atoms with Crippen LogP contribution in [0.5, 0.6) is 0 Å². The molecule has 0 aromatic carbocycles. The van der Waals surface area contributed by atoms with Crippen LogP contribution in [-0.4, -0.2) is 42.0 Å². The number of aliphatic hydroxyl groups excluding tert-OH is 1. The molecule has 1 N–H and O–H groups in total. The highest BCUT2D eigenvalue weighted by Gasteiger charge is 2.22. The van der Waals surface area contributed by atoms with E-state index in [9.17, 15) is 4.79 Å². The number of Topliss-reactive ketones (excluding diaryl/α,β-unsaturated/α-hetero) is 1. The van der Waals surface area contributed by atoms with Gasteiger partial charge in [0.15, 0.2) is 0 Å². The third kappa shape index (κ3) is 2.57. The Morgan fingerprint density at radius 1 is 1.67 bits per heavy atom. The number of nitrogens with zero attached hydrogens (tertiary/aromatic N) is 1. The Labute approximate surface area is 73.4 Å². The van der Waals surface area contributed by atoms with Crippen molar-refractivity contribution in [2.45, 2.75) is 19.8 Å². The molecule has 0 aromatic rings. The summed E-state index contributed by atoms with van der Waals surface area (Å²) in [4.78, 5) is 13.4. The minimum atomic E-state index is 0.192. The molecular weight excluding hydrogens is 154 g/mol. The van der Waals surface area contributed by atoms with Crippen LogP contribution in [0.1, 0.15) is 19.8 Å². The molecule has 12 heavy (non-hydrogen) atoms. The van der Waals surface area contributed by atoms with E-state index in [0.717, 1.165) is 26.1 Å². The fourth-order valence-corrected chi connectivity index (χ4v) is 1.59. The van der Waals surface area contributed by atoms with Crippen LogP contribution in [-0.2, 0) is 4.79 Å². The van der Waals surface area contributed by atoms with E-state index in [-0.39, 0.29) is 12.5 Å². The lowest BCUT2D eigenvalue weighted by Gasteiger charge is -2.29.